The molecule has 20 heavy (non-hydrogen) atoms. The van der Waals surface area contributed by atoms with E-state index in [0.29, 0.717) is 16.5 Å². The molecule has 1 aromatic rings. The number of rotatable bonds is 4. The summed E-state index contributed by atoms with van der Waals surface area (Å²) in [7, 11) is 0. The van der Waals surface area contributed by atoms with Crippen molar-refractivity contribution in [3.05, 3.63) is 33.3 Å². The van der Waals surface area contributed by atoms with Crippen molar-refractivity contribution >= 4 is 33.4 Å². The molecule has 0 saturated heterocycles. The highest BCUT2D eigenvalue weighted by Crippen LogP contribution is 2.29. The Morgan fingerprint density at radius 1 is 1.40 bits per heavy atom. The first kappa shape index (κ1) is 15.8. The number of hydrogen-bond acceptors (Lipinski definition) is 1. The minimum Gasteiger partial charge on any atom is -0.349 e. The molecule has 0 aromatic heterocycles. The predicted octanol–water partition coefficient (Wildman–Crippen LogP) is 5.19. The van der Waals surface area contributed by atoms with Crippen LogP contribution >= 0.6 is 27.5 Å². The first-order valence-electron chi connectivity index (χ1n) is 7.38. The summed E-state index contributed by atoms with van der Waals surface area (Å²) in [6.07, 6.45) is 7.33. The Morgan fingerprint density at radius 2 is 2.10 bits per heavy atom. The smallest absolute Gasteiger partial charge is 0.253 e. The lowest BCUT2D eigenvalue weighted by molar-refractivity contribution is 0.0911. The highest BCUT2D eigenvalue weighted by Gasteiger charge is 2.24. The Bertz CT molecular complexity index is 472. The molecule has 0 bridgehead atoms. The summed E-state index contributed by atoms with van der Waals surface area (Å²) in [6, 6.07) is 5.72. The largest absolute Gasteiger partial charge is 0.349 e. The van der Waals surface area contributed by atoms with Gasteiger partial charge in [0.05, 0.1) is 10.6 Å². The van der Waals surface area contributed by atoms with Crippen LogP contribution in [0.5, 0.6) is 0 Å². The van der Waals surface area contributed by atoms with Crippen molar-refractivity contribution in [1.82, 2.24) is 5.32 Å². The van der Waals surface area contributed by atoms with Crippen molar-refractivity contribution in [2.24, 2.45) is 5.92 Å². The van der Waals surface area contributed by atoms with E-state index < -0.39 is 0 Å². The van der Waals surface area contributed by atoms with Crippen LogP contribution in [0.25, 0.3) is 0 Å². The summed E-state index contributed by atoms with van der Waals surface area (Å²) in [4.78, 5) is 12.4. The number of halogens is 2. The fourth-order valence-electron chi connectivity index (χ4n) is 3.02. The molecule has 1 atom stereocenters. The quantitative estimate of drug-likeness (QED) is 0.788. The van der Waals surface area contributed by atoms with Gasteiger partial charge >= 0.3 is 0 Å². The van der Waals surface area contributed by atoms with Gasteiger partial charge in [0.2, 0.25) is 0 Å². The summed E-state index contributed by atoms with van der Waals surface area (Å²) < 4.78 is 0.762. The van der Waals surface area contributed by atoms with Gasteiger partial charge in [-0.3, -0.25) is 4.79 Å². The predicted molar refractivity (Wildman–Crippen MR) is 87.3 cm³/mol. The first-order chi connectivity index (χ1) is 9.63. The van der Waals surface area contributed by atoms with Crippen LogP contribution in [0.4, 0.5) is 0 Å². The maximum absolute atomic E-state index is 12.4. The van der Waals surface area contributed by atoms with Gasteiger partial charge in [-0.15, -0.1) is 0 Å². The highest BCUT2D eigenvalue weighted by atomic mass is 79.9. The Morgan fingerprint density at radius 3 is 2.75 bits per heavy atom. The number of hydrogen-bond donors (Lipinski definition) is 1. The molecule has 0 aliphatic heterocycles. The highest BCUT2D eigenvalue weighted by molar-refractivity contribution is 9.10. The molecule has 4 heteroatoms. The number of benzene rings is 1. The average molecular weight is 359 g/mol. The fourth-order valence-corrected chi connectivity index (χ4v) is 3.59. The lowest BCUT2D eigenvalue weighted by atomic mass is 9.83. The molecule has 1 saturated carbocycles. The maximum Gasteiger partial charge on any atom is 0.253 e. The second-order valence-corrected chi connectivity index (χ2v) is 6.72. The van der Waals surface area contributed by atoms with E-state index in [1.165, 1.54) is 32.1 Å². The van der Waals surface area contributed by atoms with Crippen LogP contribution in [0, 0.1) is 5.92 Å². The molecule has 110 valence electrons. The Hall–Kier alpha value is -0.540. The standard InChI is InChI=1S/C16H21BrClNO/c1-2-14(11-7-4-3-5-8-11)19-16(20)12-9-6-10-13(17)15(12)18/h6,9-11,14H,2-5,7-8H2,1H3,(H,19,20). The summed E-state index contributed by atoms with van der Waals surface area (Å²) in [5, 5.41) is 3.67. The molecule has 0 radical (unpaired) electrons. The first-order valence-corrected chi connectivity index (χ1v) is 8.55. The Balaban J connectivity index is 2.06. The SMILES string of the molecule is CCC(NC(=O)c1cccc(Br)c1Cl)C1CCCCC1. The molecule has 1 aliphatic rings. The fraction of sp³-hybridized carbons (Fsp3) is 0.562. The van der Waals surface area contributed by atoms with Crippen molar-refractivity contribution in [2.75, 3.05) is 0 Å². The molecule has 1 aliphatic carbocycles. The molecule has 0 heterocycles. The van der Waals surface area contributed by atoms with Gasteiger partial charge in [-0.25, -0.2) is 0 Å². The lowest BCUT2D eigenvalue weighted by Gasteiger charge is -2.30. The van der Waals surface area contributed by atoms with Crippen LogP contribution in [-0.4, -0.2) is 11.9 Å². The van der Waals surface area contributed by atoms with Crippen molar-refractivity contribution in [3.8, 4) is 0 Å². The molecule has 1 unspecified atom stereocenters. The zero-order valence-electron chi connectivity index (χ0n) is 11.8. The second-order valence-electron chi connectivity index (χ2n) is 5.49. The van der Waals surface area contributed by atoms with Crippen LogP contribution < -0.4 is 5.32 Å². The molecule has 1 aromatic carbocycles. The van der Waals surface area contributed by atoms with E-state index in [1.54, 1.807) is 6.07 Å². The topological polar surface area (TPSA) is 29.1 Å². The van der Waals surface area contributed by atoms with E-state index >= 15 is 0 Å². The van der Waals surface area contributed by atoms with Crippen LogP contribution in [0.2, 0.25) is 5.02 Å². The van der Waals surface area contributed by atoms with Gasteiger partial charge < -0.3 is 5.32 Å². The van der Waals surface area contributed by atoms with Crippen molar-refractivity contribution in [1.29, 1.82) is 0 Å². The van der Waals surface area contributed by atoms with Gasteiger partial charge in [-0.1, -0.05) is 43.9 Å². The minimum atomic E-state index is -0.0614. The molecular weight excluding hydrogens is 338 g/mol. The van der Waals surface area contributed by atoms with E-state index in [0.717, 1.165) is 10.9 Å². The molecular formula is C16H21BrClNO. The van der Waals surface area contributed by atoms with Crippen LogP contribution in [0.3, 0.4) is 0 Å². The lowest BCUT2D eigenvalue weighted by Crippen LogP contribution is -2.40. The third-order valence-corrected chi connectivity index (χ3v) is 5.47. The summed E-state index contributed by atoms with van der Waals surface area (Å²) >= 11 is 9.56. The second kappa shape index (κ2) is 7.46. The summed E-state index contributed by atoms with van der Waals surface area (Å²) in [6.45, 7) is 2.14. The van der Waals surface area contributed by atoms with Crippen molar-refractivity contribution in [2.45, 2.75) is 51.5 Å². The van der Waals surface area contributed by atoms with Crippen LogP contribution in [0.15, 0.2) is 22.7 Å². The van der Waals surface area contributed by atoms with Gasteiger partial charge in [0, 0.05) is 10.5 Å². The molecule has 2 rings (SSSR count). The average Bonchev–Trinajstić information content (AvgIpc) is 2.48. The zero-order valence-corrected chi connectivity index (χ0v) is 14.1. The van der Waals surface area contributed by atoms with Crippen LogP contribution in [-0.2, 0) is 0 Å². The number of nitrogens with one attached hydrogen (secondary N) is 1. The third-order valence-electron chi connectivity index (χ3n) is 4.17. The van der Waals surface area contributed by atoms with Crippen LogP contribution in [0.1, 0.15) is 55.8 Å². The van der Waals surface area contributed by atoms with Gasteiger partial charge in [-0.05, 0) is 53.2 Å². The van der Waals surface area contributed by atoms with Crippen molar-refractivity contribution in [3.63, 3.8) is 0 Å². The van der Waals surface area contributed by atoms with E-state index in [4.69, 9.17) is 11.6 Å². The van der Waals surface area contributed by atoms with E-state index in [1.807, 2.05) is 12.1 Å². The molecule has 2 nitrogen and oxygen atoms in total. The van der Waals surface area contributed by atoms with E-state index in [-0.39, 0.29) is 11.9 Å². The Labute approximate surface area is 134 Å². The summed E-state index contributed by atoms with van der Waals surface area (Å²) in [5.74, 6) is 0.553. The molecule has 1 N–H and O–H groups in total. The molecule has 1 amide bonds. The molecule has 0 spiro atoms. The normalized spacial score (nSPS) is 17.8. The van der Waals surface area contributed by atoms with E-state index in [2.05, 4.69) is 28.2 Å². The zero-order chi connectivity index (χ0) is 14.5. The number of amides is 1. The van der Waals surface area contributed by atoms with Gasteiger partial charge in [0.1, 0.15) is 0 Å². The van der Waals surface area contributed by atoms with Gasteiger partial charge in [-0.2, -0.15) is 0 Å². The Kier molecular flexibility index (Phi) is 5.91. The molecule has 1 fully saturated rings. The maximum atomic E-state index is 12.4. The van der Waals surface area contributed by atoms with Gasteiger partial charge in [0.15, 0.2) is 0 Å². The van der Waals surface area contributed by atoms with E-state index in [9.17, 15) is 4.79 Å². The van der Waals surface area contributed by atoms with Crippen molar-refractivity contribution < 1.29 is 4.79 Å². The number of carbonyl (C=O) groups is 1. The number of carbonyl (C=O) groups excluding carboxylic acids is 1. The van der Waals surface area contributed by atoms with Gasteiger partial charge in [0.25, 0.3) is 5.91 Å². The third kappa shape index (κ3) is 3.76. The minimum absolute atomic E-state index is 0.0614. The summed E-state index contributed by atoms with van der Waals surface area (Å²) in [5.41, 5.74) is 0.551. The monoisotopic (exact) mass is 357 g/mol.